The summed E-state index contributed by atoms with van der Waals surface area (Å²) < 4.78 is 2.69. The van der Waals surface area contributed by atoms with E-state index in [1.54, 1.807) is 17.7 Å². The minimum Gasteiger partial charge on any atom is -0.370 e. The zero-order chi connectivity index (χ0) is 18.0. The molecule has 3 heterocycles. The molecule has 134 valence electrons. The van der Waals surface area contributed by atoms with Crippen LogP contribution in [0.1, 0.15) is 17.8 Å². The zero-order valence-corrected chi connectivity index (χ0v) is 15.0. The number of aromatic nitrogens is 3. The van der Waals surface area contributed by atoms with Crippen LogP contribution in [-0.4, -0.2) is 38.7 Å². The molecule has 25 heavy (non-hydrogen) atoms. The number of likely N-dealkylation sites (tertiary alicyclic amines) is 1. The van der Waals surface area contributed by atoms with Crippen LogP contribution in [0.2, 0.25) is 0 Å². The van der Waals surface area contributed by atoms with Crippen LogP contribution in [0.25, 0.3) is 0 Å². The molecule has 0 aliphatic carbocycles. The van der Waals surface area contributed by atoms with E-state index in [2.05, 4.69) is 15.2 Å². The highest BCUT2D eigenvalue weighted by atomic mass is 16.2. The largest absolute Gasteiger partial charge is 0.370 e. The second kappa shape index (κ2) is 7.23. The van der Waals surface area contributed by atoms with Gasteiger partial charge in [0.25, 0.3) is 5.56 Å². The highest BCUT2D eigenvalue weighted by Gasteiger charge is 2.23. The van der Waals surface area contributed by atoms with Crippen molar-refractivity contribution in [1.82, 2.24) is 19.0 Å². The molecule has 1 saturated heterocycles. The quantitative estimate of drug-likeness (QED) is 0.866. The molecule has 0 spiro atoms. The van der Waals surface area contributed by atoms with Gasteiger partial charge in [0.2, 0.25) is 0 Å². The van der Waals surface area contributed by atoms with Crippen molar-refractivity contribution in [2.45, 2.75) is 19.9 Å². The molecule has 3 rings (SSSR count). The van der Waals surface area contributed by atoms with E-state index in [1.807, 2.05) is 25.1 Å². The third-order valence-corrected chi connectivity index (χ3v) is 4.84. The van der Waals surface area contributed by atoms with E-state index >= 15 is 0 Å². The summed E-state index contributed by atoms with van der Waals surface area (Å²) in [7, 11) is 3.22. The maximum Gasteiger partial charge on any atom is 0.330 e. The molecule has 1 fully saturated rings. The molecule has 7 nitrogen and oxygen atoms in total. The monoisotopic (exact) mass is 343 g/mol. The Kier molecular flexibility index (Phi) is 5.03. The molecular formula is C18H25N5O2. The van der Waals surface area contributed by atoms with Crippen LogP contribution < -0.4 is 16.6 Å². The van der Waals surface area contributed by atoms with Gasteiger partial charge < -0.3 is 5.32 Å². The summed E-state index contributed by atoms with van der Waals surface area (Å²) in [5.74, 6) is 1.44. The summed E-state index contributed by atoms with van der Waals surface area (Å²) in [4.78, 5) is 30.6. The van der Waals surface area contributed by atoms with Crippen molar-refractivity contribution in [3.8, 4) is 0 Å². The molecule has 0 amide bonds. The van der Waals surface area contributed by atoms with Crippen molar-refractivity contribution in [1.29, 1.82) is 0 Å². The van der Waals surface area contributed by atoms with E-state index in [9.17, 15) is 9.59 Å². The lowest BCUT2D eigenvalue weighted by Crippen LogP contribution is -2.39. The molecule has 1 aliphatic rings. The first-order valence-electron chi connectivity index (χ1n) is 8.60. The molecule has 0 bridgehead atoms. The summed E-state index contributed by atoms with van der Waals surface area (Å²) in [6, 6.07) is 7.53. The lowest BCUT2D eigenvalue weighted by Gasteiger charge is -2.18. The van der Waals surface area contributed by atoms with Gasteiger partial charge >= 0.3 is 5.69 Å². The fourth-order valence-electron chi connectivity index (χ4n) is 3.27. The van der Waals surface area contributed by atoms with Crippen LogP contribution in [-0.2, 0) is 20.6 Å². The molecule has 1 aliphatic heterocycles. The minimum atomic E-state index is -0.273. The summed E-state index contributed by atoms with van der Waals surface area (Å²) in [6.45, 7) is 5.40. The van der Waals surface area contributed by atoms with Gasteiger partial charge in [0.15, 0.2) is 0 Å². The maximum atomic E-state index is 12.0. The molecule has 2 aromatic heterocycles. The van der Waals surface area contributed by atoms with Gasteiger partial charge in [0.05, 0.1) is 0 Å². The van der Waals surface area contributed by atoms with Crippen molar-refractivity contribution in [2.75, 3.05) is 25.0 Å². The first-order chi connectivity index (χ1) is 11.9. The van der Waals surface area contributed by atoms with Crippen LogP contribution in [0.5, 0.6) is 0 Å². The number of nitrogens with one attached hydrogen (secondary N) is 1. The van der Waals surface area contributed by atoms with E-state index < -0.39 is 0 Å². The number of hydrogen-bond acceptors (Lipinski definition) is 5. The van der Waals surface area contributed by atoms with E-state index in [-0.39, 0.29) is 11.2 Å². The van der Waals surface area contributed by atoms with Gasteiger partial charge in [-0.2, -0.15) is 0 Å². The van der Waals surface area contributed by atoms with Crippen LogP contribution in [0, 0.1) is 12.8 Å². The fourth-order valence-corrected chi connectivity index (χ4v) is 3.27. The van der Waals surface area contributed by atoms with Gasteiger partial charge in [-0.15, -0.1) is 0 Å². The number of nitrogens with zero attached hydrogens (tertiary/aromatic N) is 4. The average Bonchev–Trinajstić information content (AvgIpc) is 3.03. The average molecular weight is 343 g/mol. The van der Waals surface area contributed by atoms with Crippen molar-refractivity contribution in [3.63, 3.8) is 0 Å². The molecule has 1 atom stereocenters. The van der Waals surface area contributed by atoms with Crippen molar-refractivity contribution in [2.24, 2.45) is 20.0 Å². The van der Waals surface area contributed by atoms with Gasteiger partial charge in [0.1, 0.15) is 5.82 Å². The lowest BCUT2D eigenvalue weighted by molar-refractivity contribution is 0.308. The Hall–Kier alpha value is -2.41. The fraction of sp³-hybridized carbons (Fsp3) is 0.500. The Labute approximate surface area is 146 Å². The number of hydrogen-bond donors (Lipinski definition) is 1. The predicted molar refractivity (Wildman–Crippen MR) is 97.8 cm³/mol. The normalized spacial score (nSPS) is 17.8. The molecule has 0 radical (unpaired) electrons. The van der Waals surface area contributed by atoms with E-state index in [4.69, 9.17) is 0 Å². The molecule has 0 aromatic carbocycles. The van der Waals surface area contributed by atoms with Crippen LogP contribution in [0.4, 0.5) is 5.82 Å². The summed E-state index contributed by atoms with van der Waals surface area (Å²) in [5.41, 5.74) is 1.25. The van der Waals surface area contributed by atoms with Crippen molar-refractivity contribution in [3.05, 3.63) is 56.5 Å². The number of aryl methyl sites for hydroxylation is 1. The topological polar surface area (TPSA) is 72.2 Å². The molecule has 2 aromatic rings. The molecular weight excluding hydrogens is 318 g/mol. The van der Waals surface area contributed by atoms with Gasteiger partial charge in [0, 0.05) is 51.2 Å². The number of pyridine rings is 1. The van der Waals surface area contributed by atoms with E-state index in [0.29, 0.717) is 12.5 Å². The van der Waals surface area contributed by atoms with Crippen LogP contribution in [0.15, 0.2) is 33.9 Å². The molecule has 0 saturated carbocycles. The lowest BCUT2D eigenvalue weighted by atomic mass is 10.1. The first-order valence-corrected chi connectivity index (χ1v) is 8.60. The standard InChI is InChI=1S/C18H25N5O2/c1-13-5-4-6-16(20-13)19-10-14-7-8-23(11-14)12-15-9-17(24)22(3)18(25)21(15)2/h4-6,9,14H,7-8,10-12H2,1-3H3,(H,19,20)/t14-/m1/s1. The van der Waals surface area contributed by atoms with Crippen molar-refractivity contribution >= 4 is 5.82 Å². The number of rotatable bonds is 5. The van der Waals surface area contributed by atoms with E-state index in [0.717, 1.165) is 47.8 Å². The zero-order valence-electron chi connectivity index (χ0n) is 15.0. The molecule has 1 N–H and O–H groups in total. The second-order valence-corrected chi connectivity index (χ2v) is 6.81. The Morgan fingerprint density at radius 1 is 1.24 bits per heavy atom. The first kappa shape index (κ1) is 17.4. The van der Waals surface area contributed by atoms with E-state index in [1.165, 1.54) is 7.05 Å². The Morgan fingerprint density at radius 3 is 2.80 bits per heavy atom. The number of anilines is 1. The SMILES string of the molecule is Cc1cccc(NC[C@H]2CCN(Cc3cc(=O)n(C)c(=O)n3C)C2)n1. The smallest absolute Gasteiger partial charge is 0.330 e. The third kappa shape index (κ3) is 3.99. The Balaban J connectivity index is 1.58. The third-order valence-electron chi connectivity index (χ3n) is 4.84. The minimum absolute atomic E-state index is 0.249. The van der Waals surface area contributed by atoms with Crippen molar-refractivity contribution < 1.29 is 0 Å². The van der Waals surface area contributed by atoms with Gasteiger partial charge in [-0.25, -0.2) is 9.78 Å². The highest BCUT2D eigenvalue weighted by molar-refractivity contribution is 5.35. The van der Waals surface area contributed by atoms with Gasteiger partial charge in [-0.1, -0.05) is 6.07 Å². The van der Waals surface area contributed by atoms with Gasteiger partial charge in [-0.05, 0) is 37.9 Å². The Bertz CT molecular complexity index is 871. The predicted octanol–water partition coefficient (Wildman–Crippen LogP) is 0.721. The molecule has 7 heteroatoms. The maximum absolute atomic E-state index is 12.0. The molecule has 0 unspecified atom stereocenters. The van der Waals surface area contributed by atoms with Crippen LogP contribution in [0.3, 0.4) is 0 Å². The summed E-state index contributed by atoms with van der Waals surface area (Å²) >= 11 is 0. The van der Waals surface area contributed by atoms with Crippen LogP contribution >= 0.6 is 0 Å². The second-order valence-electron chi connectivity index (χ2n) is 6.81. The summed E-state index contributed by atoms with van der Waals surface area (Å²) in [6.07, 6.45) is 1.09. The Morgan fingerprint density at radius 2 is 2.04 bits per heavy atom. The van der Waals surface area contributed by atoms with Gasteiger partial charge in [-0.3, -0.25) is 18.8 Å². The summed E-state index contributed by atoms with van der Waals surface area (Å²) in [5, 5.41) is 3.40. The highest BCUT2D eigenvalue weighted by Crippen LogP contribution is 2.18.